The van der Waals surface area contributed by atoms with Crippen molar-refractivity contribution in [1.82, 2.24) is 10.2 Å². The largest absolute Gasteiger partial charge is 0.445 e. The van der Waals surface area contributed by atoms with Gasteiger partial charge in [-0.3, -0.25) is 0 Å². The molecule has 0 aliphatic carbocycles. The fourth-order valence-electron chi connectivity index (χ4n) is 2.64. The highest BCUT2D eigenvalue weighted by Crippen LogP contribution is 2.20. The van der Waals surface area contributed by atoms with E-state index in [9.17, 15) is 4.79 Å². The van der Waals surface area contributed by atoms with Gasteiger partial charge in [-0.15, -0.1) is 0 Å². The zero-order valence-electron chi connectivity index (χ0n) is 12.7. The van der Waals surface area contributed by atoms with Crippen LogP contribution < -0.4 is 5.32 Å². The first-order valence-corrected chi connectivity index (χ1v) is 8.46. The van der Waals surface area contributed by atoms with Gasteiger partial charge in [-0.2, -0.15) is 0 Å². The maximum absolute atomic E-state index is 12.3. The lowest BCUT2D eigenvalue weighted by Crippen LogP contribution is -2.48. The third kappa shape index (κ3) is 4.33. The molecule has 1 amide bonds. The van der Waals surface area contributed by atoms with Crippen molar-refractivity contribution >= 4 is 22.0 Å². The molecule has 1 N–H and O–H groups in total. The lowest BCUT2D eigenvalue weighted by atomic mass is 10.1. The van der Waals surface area contributed by atoms with E-state index in [1.54, 1.807) is 4.90 Å². The Hall–Kier alpha value is -1.85. The summed E-state index contributed by atoms with van der Waals surface area (Å²) in [7, 11) is 0. The van der Waals surface area contributed by atoms with Crippen molar-refractivity contribution in [2.75, 3.05) is 19.6 Å². The second kappa shape index (κ2) is 7.62. The molecule has 4 nitrogen and oxygen atoms in total. The molecular weight excluding hydrogens is 356 g/mol. The van der Waals surface area contributed by atoms with Gasteiger partial charge in [0, 0.05) is 24.1 Å². The van der Waals surface area contributed by atoms with Crippen molar-refractivity contribution in [1.29, 1.82) is 0 Å². The third-order valence-corrected chi connectivity index (χ3v) is 4.44. The van der Waals surface area contributed by atoms with Crippen LogP contribution in [0, 0.1) is 0 Å². The van der Waals surface area contributed by atoms with Crippen molar-refractivity contribution in [3.8, 4) is 0 Å². The maximum atomic E-state index is 12.3. The SMILES string of the molecule is O=C(OCc1ccccc1)N1CCN[C@@H](c2ccc(Br)cc2)C1. The highest BCUT2D eigenvalue weighted by molar-refractivity contribution is 9.10. The highest BCUT2D eigenvalue weighted by atomic mass is 79.9. The van der Waals surface area contributed by atoms with E-state index in [1.807, 2.05) is 42.5 Å². The monoisotopic (exact) mass is 374 g/mol. The summed E-state index contributed by atoms with van der Waals surface area (Å²) in [6.07, 6.45) is -0.252. The molecule has 0 aromatic heterocycles. The van der Waals surface area contributed by atoms with Crippen LogP contribution in [0.1, 0.15) is 17.2 Å². The molecule has 0 spiro atoms. The number of nitrogens with zero attached hydrogens (tertiary/aromatic N) is 1. The molecule has 120 valence electrons. The summed E-state index contributed by atoms with van der Waals surface area (Å²) in [6.45, 7) is 2.36. The van der Waals surface area contributed by atoms with E-state index in [0.29, 0.717) is 19.7 Å². The van der Waals surface area contributed by atoms with Gasteiger partial charge in [0.25, 0.3) is 0 Å². The molecule has 2 aromatic carbocycles. The van der Waals surface area contributed by atoms with Crippen LogP contribution in [-0.2, 0) is 11.3 Å². The average molecular weight is 375 g/mol. The van der Waals surface area contributed by atoms with Gasteiger partial charge >= 0.3 is 6.09 Å². The summed E-state index contributed by atoms with van der Waals surface area (Å²) < 4.78 is 6.47. The molecule has 1 aliphatic rings. The molecule has 23 heavy (non-hydrogen) atoms. The van der Waals surface area contributed by atoms with Crippen LogP contribution in [0.5, 0.6) is 0 Å². The number of halogens is 1. The number of ether oxygens (including phenoxy) is 1. The number of amides is 1. The van der Waals surface area contributed by atoms with Crippen LogP contribution in [-0.4, -0.2) is 30.6 Å². The molecular formula is C18H19BrN2O2. The average Bonchev–Trinajstić information content (AvgIpc) is 2.61. The van der Waals surface area contributed by atoms with E-state index in [2.05, 4.69) is 33.4 Å². The number of carbonyl (C=O) groups excluding carboxylic acids is 1. The second-order valence-electron chi connectivity index (χ2n) is 5.54. The van der Waals surface area contributed by atoms with E-state index in [1.165, 1.54) is 5.56 Å². The topological polar surface area (TPSA) is 41.6 Å². The van der Waals surface area contributed by atoms with E-state index >= 15 is 0 Å². The number of hydrogen-bond acceptors (Lipinski definition) is 3. The minimum atomic E-state index is -0.252. The van der Waals surface area contributed by atoms with E-state index < -0.39 is 0 Å². The van der Waals surface area contributed by atoms with Gasteiger partial charge in [-0.05, 0) is 23.3 Å². The first-order chi connectivity index (χ1) is 11.2. The minimum absolute atomic E-state index is 0.140. The summed E-state index contributed by atoms with van der Waals surface area (Å²) in [5, 5.41) is 3.45. The molecule has 1 fully saturated rings. The van der Waals surface area contributed by atoms with Gasteiger partial charge in [0.1, 0.15) is 6.61 Å². The minimum Gasteiger partial charge on any atom is -0.445 e. The summed E-state index contributed by atoms with van der Waals surface area (Å²) >= 11 is 3.44. The fraction of sp³-hybridized carbons (Fsp3) is 0.278. The molecule has 1 heterocycles. The fourth-order valence-corrected chi connectivity index (χ4v) is 2.91. The van der Waals surface area contributed by atoms with Crippen LogP contribution >= 0.6 is 15.9 Å². The van der Waals surface area contributed by atoms with Crippen LogP contribution in [0.3, 0.4) is 0 Å². The summed E-state index contributed by atoms with van der Waals surface area (Å²) in [5.74, 6) is 0. The molecule has 0 bridgehead atoms. The maximum Gasteiger partial charge on any atom is 0.410 e. The molecule has 1 atom stereocenters. The predicted molar refractivity (Wildman–Crippen MR) is 93.1 cm³/mol. The lowest BCUT2D eigenvalue weighted by molar-refractivity contribution is 0.0850. The lowest BCUT2D eigenvalue weighted by Gasteiger charge is -2.33. The number of hydrogen-bond donors (Lipinski definition) is 1. The summed E-state index contributed by atoms with van der Waals surface area (Å²) in [6, 6.07) is 18.1. The third-order valence-electron chi connectivity index (χ3n) is 3.91. The van der Waals surface area contributed by atoms with Crippen LogP contribution in [0.15, 0.2) is 59.1 Å². The first-order valence-electron chi connectivity index (χ1n) is 7.67. The Kier molecular flexibility index (Phi) is 5.31. The van der Waals surface area contributed by atoms with Crippen molar-refractivity contribution < 1.29 is 9.53 Å². The molecule has 3 rings (SSSR count). The highest BCUT2D eigenvalue weighted by Gasteiger charge is 2.25. The second-order valence-corrected chi connectivity index (χ2v) is 6.46. The Bertz CT molecular complexity index is 646. The van der Waals surface area contributed by atoms with Crippen LogP contribution in [0.25, 0.3) is 0 Å². The standard InChI is InChI=1S/C18H19BrN2O2/c19-16-8-6-15(7-9-16)17-12-21(11-10-20-17)18(22)23-13-14-4-2-1-3-5-14/h1-9,17,20H,10-13H2/t17-/m1/s1. The molecule has 1 aliphatic heterocycles. The number of nitrogens with one attached hydrogen (secondary N) is 1. The molecule has 0 unspecified atom stereocenters. The smallest absolute Gasteiger partial charge is 0.410 e. The Morgan fingerprint density at radius 3 is 2.65 bits per heavy atom. The Morgan fingerprint density at radius 1 is 1.17 bits per heavy atom. The molecule has 0 saturated carbocycles. The Balaban J connectivity index is 1.57. The molecule has 5 heteroatoms. The van der Waals surface area contributed by atoms with Gasteiger partial charge < -0.3 is 15.0 Å². The van der Waals surface area contributed by atoms with Gasteiger partial charge in [-0.25, -0.2) is 4.79 Å². The summed E-state index contributed by atoms with van der Waals surface area (Å²) in [4.78, 5) is 14.0. The predicted octanol–water partition coefficient (Wildman–Crippen LogP) is 3.73. The zero-order chi connectivity index (χ0) is 16.1. The quantitative estimate of drug-likeness (QED) is 0.889. The van der Waals surface area contributed by atoms with Gasteiger partial charge in [-0.1, -0.05) is 58.4 Å². The van der Waals surface area contributed by atoms with Gasteiger partial charge in [0.15, 0.2) is 0 Å². The summed E-state index contributed by atoms with van der Waals surface area (Å²) in [5.41, 5.74) is 2.18. The molecule has 0 radical (unpaired) electrons. The van der Waals surface area contributed by atoms with E-state index in [0.717, 1.165) is 16.6 Å². The van der Waals surface area contributed by atoms with Gasteiger partial charge in [0.2, 0.25) is 0 Å². The zero-order valence-corrected chi connectivity index (χ0v) is 14.3. The van der Waals surface area contributed by atoms with Crippen molar-refractivity contribution in [3.63, 3.8) is 0 Å². The molecule has 2 aromatic rings. The number of piperazine rings is 1. The number of benzene rings is 2. The van der Waals surface area contributed by atoms with Crippen molar-refractivity contribution in [2.24, 2.45) is 0 Å². The first kappa shape index (κ1) is 16.0. The van der Waals surface area contributed by atoms with Crippen molar-refractivity contribution in [3.05, 3.63) is 70.2 Å². The normalized spacial score (nSPS) is 17.8. The van der Waals surface area contributed by atoms with Crippen molar-refractivity contribution in [2.45, 2.75) is 12.6 Å². The van der Waals surface area contributed by atoms with E-state index in [-0.39, 0.29) is 12.1 Å². The van der Waals surface area contributed by atoms with Crippen LogP contribution in [0.4, 0.5) is 4.79 Å². The van der Waals surface area contributed by atoms with Gasteiger partial charge in [0.05, 0.1) is 6.04 Å². The van der Waals surface area contributed by atoms with E-state index in [4.69, 9.17) is 4.74 Å². The number of carbonyl (C=O) groups is 1. The van der Waals surface area contributed by atoms with Crippen LogP contribution in [0.2, 0.25) is 0 Å². The Morgan fingerprint density at radius 2 is 1.91 bits per heavy atom. The number of rotatable bonds is 3. The Labute approximate surface area is 144 Å². The molecule has 1 saturated heterocycles.